The molecule has 0 radical (unpaired) electrons. The number of hydrogen-bond donors (Lipinski definition) is 0. The molecule has 2 aliphatic rings. The number of ether oxygens (including phenoxy) is 3. The van der Waals surface area contributed by atoms with Gasteiger partial charge in [0.2, 0.25) is 10.8 Å². The summed E-state index contributed by atoms with van der Waals surface area (Å²) in [6.45, 7) is 0.364. The van der Waals surface area contributed by atoms with Gasteiger partial charge in [-0.05, 0) is 35.9 Å². The smallest absolute Gasteiger partial charge is 0.269 e. The summed E-state index contributed by atoms with van der Waals surface area (Å²) in [5.41, 5.74) is 3.11. The zero-order valence-electron chi connectivity index (χ0n) is 19.1. The van der Waals surface area contributed by atoms with Crippen molar-refractivity contribution in [1.29, 1.82) is 0 Å². The van der Waals surface area contributed by atoms with Crippen LogP contribution in [0.5, 0.6) is 17.2 Å². The van der Waals surface area contributed by atoms with E-state index in [1.807, 2.05) is 48.5 Å². The number of thioether (sulfide) groups is 1. The quantitative estimate of drug-likeness (QED) is 0.532. The highest BCUT2D eigenvalue weighted by molar-refractivity contribution is 8.02. The van der Waals surface area contributed by atoms with E-state index in [9.17, 15) is 9.59 Å². The fraction of sp³-hybridized carbons (Fsp3) is 0.231. The number of rotatable bonds is 6. The number of para-hydroxylation sites is 1. The lowest BCUT2D eigenvalue weighted by Gasteiger charge is -2.33. The molecule has 2 aliphatic heterocycles. The first-order valence-electron chi connectivity index (χ1n) is 10.8. The number of nitrogens with zero attached hydrogens (tertiary/aromatic N) is 2. The molecular weight excluding hydrogens is 452 g/mol. The van der Waals surface area contributed by atoms with Crippen molar-refractivity contribution in [3.63, 3.8) is 0 Å². The fourth-order valence-corrected chi connectivity index (χ4v) is 5.99. The molecule has 0 unspecified atom stereocenters. The molecule has 8 heteroatoms. The monoisotopic (exact) mass is 476 g/mol. The Morgan fingerprint density at radius 3 is 2.44 bits per heavy atom. The summed E-state index contributed by atoms with van der Waals surface area (Å²) in [5.74, 6) is 1.68. The summed E-state index contributed by atoms with van der Waals surface area (Å²) >= 11 is 1.35. The first kappa shape index (κ1) is 22.2. The van der Waals surface area contributed by atoms with E-state index >= 15 is 0 Å². The molecule has 1 spiro atoms. The van der Waals surface area contributed by atoms with Crippen LogP contribution in [0.4, 0.5) is 11.4 Å². The summed E-state index contributed by atoms with van der Waals surface area (Å²) in [4.78, 5) is 29.6. The van der Waals surface area contributed by atoms with Crippen LogP contribution < -0.4 is 24.0 Å². The first-order valence-corrected chi connectivity index (χ1v) is 11.8. The Bertz CT molecular complexity index is 1280. The van der Waals surface area contributed by atoms with E-state index in [2.05, 4.69) is 0 Å². The summed E-state index contributed by atoms with van der Waals surface area (Å²) in [6, 6.07) is 20.6. The van der Waals surface area contributed by atoms with Gasteiger partial charge in [0.15, 0.2) is 11.5 Å². The van der Waals surface area contributed by atoms with E-state index < -0.39 is 4.87 Å². The van der Waals surface area contributed by atoms with Gasteiger partial charge in [-0.3, -0.25) is 14.5 Å². The molecule has 1 fully saturated rings. The zero-order chi connectivity index (χ0) is 23.9. The predicted octanol–water partition coefficient (Wildman–Crippen LogP) is 4.19. The molecule has 1 saturated heterocycles. The number of fused-ring (bicyclic) bond motifs is 2. The number of anilines is 2. The first-order chi connectivity index (χ1) is 16.5. The van der Waals surface area contributed by atoms with Crippen LogP contribution in [-0.4, -0.2) is 38.9 Å². The summed E-state index contributed by atoms with van der Waals surface area (Å²) in [5, 5.41) is 0. The lowest BCUT2D eigenvalue weighted by atomic mass is 10.0. The van der Waals surface area contributed by atoms with Gasteiger partial charge in [0.25, 0.3) is 5.91 Å². The molecule has 2 amide bonds. The lowest BCUT2D eigenvalue weighted by Crippen LogP contribution is -2.49. The van der Waals surface area contributed by atoms with Crippen LogP contribution in [0.1, 0.15) is 11.1 Å². The van der Waals surface area contributed by atoms with Crippen molar-refractivity contribution in [2.75, 3.05) is 36.9 Å². The van der Waals surface area contributed by atoms with Gasteiger partial charge in [0.05, 0.1) is 39.3 Å². The highest BCUT2D eigenvalue weighted by Gasteiger charge is 2.61. The number of benzene rings is 3. The second-order valence-corrected chi connectivity index (χ2v) is 9.13. The highest BCUT2D eigenvalue weighted by Crippen LogP contribution is 2.56. The Morgan fingerprint density at radius 1 is 0.882 bits per heavy atom. The van der Waals surface area contributed by atoms with E-state index in [0.717, 1.165) is 22.6 Å². The molecule has 0 N–H and O–H groups in total. The molecule has 0 aromatic heterocycles. The Kier molecular flexibility index (Phi) is 5.61. The van der Waals surface area contributed by atoms with Gasteiger partial charge in [-0.25, -0.2) is 0 Å². The van der Waals surface area contributed by atoms with E-state index in [1.54, 1.807) is 49.3 Å². The molecule has 3 aromatic rings. The van der Waals surface area contributed by atoms with Crippen molar-refractivity contribution in [3.05, 3.63) is 77.9 Å². The highest BCUT2D eigenvalue weighted by atomic mass is 32.2. The van der Waals surface area contributed by atoms with Crippen molar-refractivity contribution < 1.29 is 23.8 Å². The van der Waals surface area contributed by atoms with Gasteiger partial charge in [0, 0.05) is 17.3 Å². The maximum atomic E-state index is 14.2. The summed E-state index contributed by atoms with van der Waals surface area (Å²) in [6.07, 6.45) is 0. The van der Waals surface area contributed by atoms with E-state index in [4.69, 9.17) is 14.2 Å². The number of hydrogen-bond acceptors (Lipinski definition) is 6. The Hall–Kier alpha value is -3.65. The number of methoxy groups -OCH3 is 3. The van der Waals surface area contributed by atoms with E-state index in [0.29, 0.717) is 23.7 Å². The molecule has 7 nitrogen and oxygen atoms in total. The van der Waals surface area contributed by atoms with Crippen LogP contribution in [0.3, 0.4) is 0 Å². The third-order valence-electron chi connectivity index (χ3n) is 6.16. The molecule has 1 atom stereocenters. The van der Waals surface area contributed by atoms with Crippen LogP contribution >= 0.6 is 11.8 Å². The average Bonchev–Trinajstić information content (AvgIpc) is 3.34. The molecule has 34 heavy (non-hydrogen) atoms. The van der Waals surface area contributed by atoms with Gasteiger partial charge in [-0.1, -0.05) is 30.3 Å². The Morgan fingerprint density at radius 2 is 1.68 bits per heavy atom. The Labute approximate surface area is 202 Å². The molecule has 5 rings (SSSR count). The lowest BCUT2D eigenvalue weighted by molar-refractivity contribution is -0.123. The minimum absolute atomic E-state index is 0.136. The zero-order valence-corrected chi connectivity index (χ0v) is 19.9. The van der Waals surface area contributed by atoms with Crippen molar-refractivity contribution in [3.8, 4) is 17.2 Å². The summed E-state index contributed by atoms with van der Waals surface area (Å²) in [7, 11) is 4.72. The number of amides is 2. The SMILES string of the molecule is COc1cccc(CN2C(=O)[C@]3(SCC(=O)N3c3ccc(OC)c(OC)c3)c3ccccc32)c1. The standard InChI is InChI=1S/C26H24N2O5S/c1-31-19-8-6-7-17(13-19)15-27-21-10-5-4-9-20(21)26(25(27)30)28(24(29)16-34-26)18-11-12-22(32-2)23(14-18)33-3/h4-14H,15-16H2,1-3H3/t26-/m1/s1. The van der Waals surface area contributed by atoms with Crippen molar-refractivity contribution in [2.24, 2.45) is 0 Å². The Balaban J connectivity index is 1.62. The second-order valence-electron chi connectivity index (χ2n) is 7.96. The van der Waals surface area contributed by atoms with E-state index in [-0.39, 0.29) is 17.6 Å². The van der Waals surface area contributed by atoms with Crippen LogP contribution in [0.25, 0.3) is 0 Å². The van der Waals surface area contributed by atoms with Crippen LogP contribution in [0.2, 0.25) is 0 Å². The van der Waals surface area contributed by atoms with Crippen LogP contribution in [0.15, 0.2) is 66.7 Å². The van der Waals surface area contributed by atoms with Gasteiger partial charge >= 0.3 is 0 Å². The van der Waals surface area contributed by atoms with Gasteiger partial charge in [-0.15, -0.1) is 11.8 Å². The largest absolute Gasteiger partial charge is 0.497 e. The molecule has 2 heterocycles. The average molecular weight is 477 g/mol. The maximum Gasteiger partial charge on any atom is 0.269 e. The molecular formula is C26H24N2O5S. The number of carbonyl (C=O) groups excluding carboxylic acids is 2. The normalized spacial score (nSPS) is 19.0. The minimum atomic E-state index is -1.19. The van der Waals surface area contributed by atoms with Crippen LogP contribution in [-0.2, 0) is 21.0 Å². The van der Waals surface area contributed by atoms with Crippen molar-refractivity contribution in [2.45, 2.75) is 11.4 Å². The molecule has 0 aliphatic carbocycles. The third-order valence-corrected chi connectivity index (χ3v) is 7.55. The van der Waals surface area contributed by atoms with Gasteiger partial charge in [0.1, 0.15) is 5.75 Å². The van der Waals surface area contributed by atoms with E-state index in [1.165, 1.54) is 11.8 Å². The molecule has 0 bridgehead atoms. The van der Waals surface area contributed by atoms with Crippen molar-refractivity contribution in [1.82, 2.24) is 0 Å². The molecule has 0 saturated carbocycles. The maximum absolute atomic E-state index is 14.2. The minimum Gasteiger partial charge on any atom is -0.497 e. The second kappa shape index (κ2) is 8.61. The van der Waals surface area contributed by atoms with Crippen molar-refractivity contribution >= 4 is 35.0 Å². The predicted molar refractivity (Wildman–Crippen MR) is 132 cm³/mol. The molecule has 3 aromatic carbocycles. The number of carbonyl (C=O) groups is 2. The van der Waals surface area contributed by atoms with Crippen LogP contribution in [0, 0.1) is 0 Å². The van der Waals surface area contributed by atoms with Gasteiger partial charge in [-0.2, -0.15) is 0 Å². The third kappa shape index (κ3) is 3.28. The topological polar surface area (TPSA) is 68.3 Å². The summed E-state index contributed by atoms with van der Waals surface area (Å²) < 4.78 is 16.2. The molecule has 174 valence electrons. The van der Waals surface area contributed by atoms with Gasteiger partial charge < -0.3 is 19.1 Å². The fourth-order valence-electron chi connectivity index (χ4n) is 4.63.